The fraction of sp³-hybridized carbons (Fsp3) is 0.524. The molecule has 29 heavy (non-hydrogen) atoms. The second kappa shape index (κ2) is 7.82. The molecule has 5 rings (SSSR count). The molecule has 2 saturated carbocycles. The van der Waals surface area contributed by atoms with Crippen LogP contribution in [0.1, 0.15) is 50.3 Å². The molecular formula is C21H25N5O2S. The molecule has 2 N–H and O–H groups in total. The monoisotopic (exact) mass is 411 g/mol. The number of aromatic amines is 1. The smallest absolute Gasteiger partial charge is 0.248 e. The Morgan fingerprint density at radius 1 is 1.17 bits per heavy atom. The summed E-state index contributed by atoms with van der Waals surface area (Å²) < 4.78 is 0. The summed E-state index contributed by atoms with van der Waals surface area (Å²) in [6.45, 7) is 0. The van der Waals surface area contributed by atoms with Gasteiger partial charge < -0.3 is 10.2 Å². The van der Waals surface area contributed by atoms with Crippen LogP contribution >= 0.6 is 11.8 Å². The molecule has 0 spiro atoms. The molecule has 3 aliphatic rings. The van der Waals surface area contributed by atoms with Crippen molar-refractivity contribution in [1.29, 1.82) is 0 Å². The van der Waals surface area contributed by atoms with Gasteiger partial charge >= 0.3 is 0 Å². The maximum Gasteiger partial charge on any atom is 0.248 e. The highest BCUT2D eigenvalue weighted by Gasteiger charge is 2.38. The lowest BCUT2D eigenvalue weighted by Crippen LogP contribution is -2.46. The Labute approximate surface area is 174 Å². The predicted octanol–water partition coefficient (Wildman–Crippen LogP) is 3.38. The Morgan fingerprint density at radius 2 is 2.00 bits per heavy atom. The first kappa shape index (κ1) is 18.7. The van der Waals surface area contributed by atoms with Crippen LogP contribution in [0.15, 0.2) is 24.3 Å². The van der Waals surface area contributed by atoms with Gasteiger partial charge in [-0.3, -0.25) is 14.7 Å². The molecule has 152 valence electrons. The fourth-order valence-corrected chi connectivity index (χ4v) is 5.35. The number of H-pyrrole nitrogens is 1. The fourth-order valence-electron chi connectivity index (χ4n) is 4.19. The molecule has 2 amide bonds. The molecule has 1 atom stereocenters. The number of hydrogen-bond acceptors (Lipinski definition) is 5. The molecule has 1 saturated heterocycles. The molecule has 2 heterocycles. The Morgan fingerprint density at radius 3 is 2.79 bits per heavy atom. The van der Waals surface area contributed by atoms with Crippen LogP contribution in [0.25, 0.3) is 11.4 Å². The number of amides is 2. The van der Waals surface area contributed by atoms with Gasteiger partial charge in [0, 0.05) is 28.8 Å². The third-order valence-electron chi connectivity index (χ3n) is 6.03. The minimum atomic E-state index is -0.401. The van der Waals surface area contributed by atoms with Crippen LogP contribution in [-0.4, -0.2) is 49.6 Å². The van der Waals surface area contributed by atoms with E-state index in [1.54, 1.807) is 16.7 Å². The largest absolute Gasteiger partial charge is 0.324 e. The summed E-state index contributed by atoms with van der Waals surface area (Å²) in [5.74, 6) is 3.49. The summed E-state index contributed by atoms with van der Waals surface area (Å²) >= 11 is 1.65. The lowest BCUT2D eigenvalue weighted by Gasteiger charge is -2.25. The molecule has 1 aliphatic heterocycles. The van der Waals surface area contributed by atoms with E-state index in [-0.39, 0.29) is 17.7 Å². The van der Waals surface area contributed by atoms with Crippen molar-refractivity contribution >= 4 is 29.3 Å². The van der Waals surface area contributed by atoms with Gasteiger partial charge in [-0.05, 0) is 37.8 Å². The van der Waals surface area contributed by atoms with Crippen LogP contribution in [0.3, 0.4) is 0 Å². The van der Waals surface area contributed by atoms with Gasteiger partial charge in [-0.15, -0.1) is 11.8 Å². The van der Waals surface area contributed by atoms with Crippen LogP contribution in [-0.2, 0) is 9.59 Å². The summed E-state index contributed by atoms with van der Waals surface area (Å²) in [6, 6.07) is 7.19. The number of carbonyl (C=O) groups excluding carboxylic acids is 2. The lowest BCUT2D eigenvalue weighted by atomic mass is 10.1. The number of anilines is 1. The van der Waals surface area contributed by atoms with Gasteiger partial charge in [0.15, 0.2) is 5.82 Å². The average molecular weight is 412 g/mol. The zero-order chi connectivity index (χ0) is 19.8. The molecule has 0 radical (unpaired) electrons. The minimum Gasteiger partial charge on any atom is -0.324 e. The van der Waals surface area contributed by atoms with Gasteiger partial charge in [0.1, 0.15) is 11.9 Å². The van der Waals surface area contributed by atoms with Gasteiger partial charge in [0.05, 0.1) is 5.88 Å². The number of aromatic nitrogens is 3. The quantitative estimate of drug-likeness (QED) is 0.787. The minimum absolute atomic E-state index is 0.0960. The third-order valence-corrected chi connectivity index (χ3v) is 7.04. The molecule has 1 aromatic heterocycles. The number of nitrogens with one attached hydrogen (secondary N) is 2. The Kier molecular flexibility index (Phi) is 5.03. The van der Waals surface area contributed by atoms with Gasteiger partial charge in [0.25, 0.3) is 0 Å². The Bertz CT molecular complexity index is 919. The first-order valence-corrected chi connectivity index (χ1v) is 11.6. The number of nitrogens with zero attached hydrogens (tertiary/aromatic N) is 3. The third kappa shape index (κ3) is 3.90. The van der Waals surface area contributed by atoms with Crippen LogP contribution < -0.4 is 5.32 Å². The summed E-state index contributed by atoms with van der Waals surface area (Å²) in [5.41, 5.74) is 1.57. The van der Waals surface area contributed by atoms with Crippen LogP contribution in [0.4, 0.5) is 5.69 Å². The first-order valence-electron chi connectivity index (χ1n) is 10.4. The topological polar surface area (TPSA) is 91.0 Å². The number of hydrogen-bond donors (Lipinski definition) is 2. The zero-order valence-corrected chi connectivity index (χ0v) is 17.1. The zero-order valence-electron chi connectivity index (χ0n) is 16.3. The molecule has 1 aromatic carbocycles. The van der Waals surface area contributed by atoms with Crippen molar-refractivity contribution in [3.8, 4) is 11.4 Å². The van der Waals surface area contributed by atoms with E-state index in [1.165, 1.54) is 12.8 Å². The molecule has 2 aliphatic carbocycles. The van der Waals surface area contributed by atoms with Gasteiger partial charge in [-0.1, -0.05) is 25.0 Å². The number of carbonyl (C=O) groups is 2. The molecule has 1 unspecified atom stereocenters. The number of rotatable bonds is 5. The van der Waals surface area contributed by atoms with E-state index in [4.69, 9.17) is 0 Å². The molecule has 8 heteroatoms. The molecule has 0 bridgehead atoms. The maximum atomic E-state index is 12.9. The summed E-state index contributed by atoms with van der Waals surface area (Å²) in [6.07, 6.45) is 6.47. The first-order chi connectivity index (χ1) is 14.2. The number of benzene rings is 1. The van der Waals surface area contributed by atoms with Crippen molar-refractivity contribution in [3.05, 3.63) is 30.1 Å². The van der Waals surface area contributed by atoms with Crippen LogP contribution in [0.5, 0.6) is 0 Å². The van der Waals surface area contributed by atoms with E-state index in [1.807, 2.05) is 24.3 Å². The van der Waals surface area contributed by atoms with Gasteiger partial charge in [-0.25, -0.2) is 4.98 Å². The van der Waals surface area contributed by atoms with E-state index >= 15 is 0 Å². The van der Waals surface area contributed by atoms with E-state index in [2.05, 4.69) is 20.5 Å². The number of thioether (sulfide) groups is 1. The molecule has 7 nitrogen and oxygen atoms in total. The van der Waals surface area contributed by atoms with E-state index in [9.17, 15) is 9.59 Å². The standard InChI is InChI=1S/C21H25N5O2S/c27-20(17-11-29-12-26(17)21(28)14-4-1-2-5-14)22-16-7-3-6-15(10-16)19-23-18(24-25-19)13-8-9-13/h3,6-7,10,13-14,17H,1-2,4-5,8-9,11-12H2,(H,22,27)(H,23,24,25). The van der Waals surface area contributed by atoms with Crippen molar-refractivity contribution in [2.45, 2.75) is 50.5 Å². The van der Waals surface area contributed by atoms with Crippen molar-refractivity contribution in [3.63, 3.8) is 0 Å². The predicted molar refractivity (Wildman–Crippen MR) is 112 cm³/mol. The second-order valence-corrected chi connectivity index (χ2v) is 9.19. The summed E-state index contributed by atoms with van der Waals surface area (Å²) in [4.78, 5) is 32.1. The maximum absolute atomic E-state index is 12.9. The summed E-state index contributed by atoms with van der Waals surface area (Å²) in [7, 11) is 0. The van der Waals surface area contributed by atoms with Gasteiger partial charge in [0.2, 0.25) is 11.8 Å². The Balaban J connectivity index is 1.28. The highest BCUT2D eigenvalue weighted by molar-refractivity contribution is 7.99. The van der Waals surface area contributed by atoms with E-state index < -0.39 is 6.04 Å². The lowest BCUT2D eigenvalue weighted by molar-refractivity contribution is -0.139. The van der Waals surface area contributed by atoms with Crippen LogP contribution in [0.2, 0.25) is 0 Å². The van der Waals surface area contributed by atoms with Crippen molar-refractivity contribution < 1.29 is 9.59 Å². The SMILES string of the molecule is O=C(Nc1cccc(-c2n[nH]c(C3CC3)n2)c1)C1CSCN1C(=O)C1CCCC1. The Hall–Kier alpha value is -2.35. The van der Waals surface area contributed by atoms with Crippen molar-refractivity contribution in [2.75, 3.05) is 16.9 Å². The van der Waals surface area contributed by atoms with Crippen LogP contribution in [0, 0.1) is 5.92 Å². The normalized spacial score (nSPS) is 22.2. The molecular weight excluding hydrogens is 386 g/mol. The molecule has 2 aromatic rings. The van der Waals surface area contributed by atoms with Crippen molar-refractivity contribution in [1.82, 2.24) is 20.1 Å². The highest BCUT2D eigenvalue weighted by Crippen LogP contribution is 2.38. The van der Waals surface area contributed by atoms with Gasteiger partial charge in [-0.2, -0.15) is 5.10 Å². The molecule has 3 fully saturated rings. The average Bonchev–Trinajstić information content (AvgIpc) is 3.19. The van der Waals surface area contributed by atoms with E-state index in [0.29, 0.717) is 29.1 Å². The van der Waals surface area contributed by atoms with E-state index in [0.717, 1.165) is 37.1 Å². The van der Waals surface area contributed by atoms with Crippen molar-refractivity contribution in [2.24, 2.45) is 5.92 Å². The highest BCUT2D eigenvalue weighted by atomic mass is 32.2. The summed E-state index contributed by atoms with van der Waals surface area (Å²) in [5, 5.41) is 10.3. The second-order valence-electron chi connectivity index (χ2n) is 8.19.